The number of nitrogens with zero attached hydrogens (tertiary/aromatic N) is 3. The molecule has 0 bridgehead atoms. The van der Waals surface area contributed by atoms with Gasteiger partial charge in [-0.15, -0.1) is 0 Å². The lowest BCUT2D eigenvalue weighted by Crippen LogP contribution is -2.39. The normalized spacial score (nSPS) is 16.5. The first kappa shape index (κ1) is 36.2. The van der Waals surface area contributed by atoms with Crippen LogP contribution in [0, 0.1) is 10.1 Å². The molecule has 0 aliphatic carbocycles. The van der Waals surface area contributed by atoms with Crippen molar-refractivity contribution in [3.63, 3.8) is 0 Å². The fraction of sp³-hybridized carbons (Fsp3) is 0.256. The molecule has 3 heterocycles. The molecule has 0 fully saturated rings. The summed E-state index contributed by atoms with van der Waals surface area (Å²) >= 11 is 0. The van der Waals surface area contributed by atoms with Crippen molar-refractivity contribution in [2.24, 2.45) is 0 Å². The van der Waals surface area contributed by atoms with Crippen molar-refractivity contribution >= 4 is 40.3 Å². The number of non-ortho nitro benzene ring substituents is 1. The summed E-state index contributed by atoms with van der Waals surface area (Å²) in [6.45, 7) is 2.52. The number of anilines is 4. The highest BCUT2D eigenvalue weighted by Gasteiger charge is 2.38. The number of hydrogen-bond acceptors (Lipinski definition) is 10. The number of nitro benzene ring substituents is 1. The zero-order chi connectivity index (χ0) is 39.1. The third-order valence-electron chi connectivity index (χ3n) is 10.6. The van der Waals surface area contributed by atoms with Gasteiger partial charge in [0.1, 0.15) is 13.2 Å². The van der Waals surface area contributed by atoms with Gasteiger partial charge >= 0.3 is 0 Å². The molecule has 2 N–H and O–H groups in total. The fourth-order valence-electron chi connectivity index (χ4n) is 7.97. The number of carbonyl (C=O) groups excluding carboxylic acids is 2. The Morgan fingerprint density at radius 3 is 2.12 bits per heavy atom. The van der Waals surface area contributed by atoms with Crippen molar-refractivity contribution in [3.8, 4) is 23.0 Å². The van der Waals surface area contributed by atoms with Gasteiger partial charge in [-0.25, -0.2) is 0 Å². The Morgan fingerprint density at radius 1 is 0.839 bits per heavy atom. The number of rotatable bonds is 11. The minimum absolute atomic E-state index is 0.0194. The molecule has 1 unspecified atom stereocenters. The molecule has 13 heteroatoms. The van der Waals surface area contributed by atoms with E-state index in [1.807, 2.05) is 60.4 Å². The largest absolute Gasteiger partial charge is 0.493 e. The van der Waals surface area contributed by atoms with Crippen LogP contribution in [-0.2, 0) is 26.1 Å². The van der Waals surface area contributed by atoms with Crippen LogP contribution >= 0.6 is 0 Å². The van der Waals surface area contributed by atoms with Gasteiger partial charge in [-0.05, 0) is 72.4 Å². The summed E-state index contributed by atoms with van der Waals surface area (Å²) in [7, 11) is 4.73. The second-order valence-electron chi connectivity index (χ2n) is 14.1. The third-order valence-corrected chi connectivity index (χ3v) is 10.6. The average Bonchev–Trinajstić information content (AvgIpc) is 3.72. The van der Waals surface area contributed by atoms with Crippen LogP contribution in [0.4, 0.5) is 28.4 Å². The summed E-state index contributed by atoms with van der Waals surface area (Å²) < 4.78 is 23.8. The molecule has 56 heavy (non-hydrogen) atoms. The maximum Gasteiger partial charge on any atom is 0.270 e. The molecule has 3 aliphatic heterocycles. The van der Waals surface area contributed by atoms with E-state index in [0.717, 1.165) is 35.3 Å². The predicted molar refractivity (Wildman–Crippen MR) is 213 cm³/mol. The second kappa shape index (κ2) is 14.8. The molecule has 5 aromatic carbocycles. The number of ether oxygens (including phenoxy) is 4. The quantitative estimate of drug-likeness (QED) is 0.103. The minimum atomic E-state index is -0.465. The number of nitro groups is 1. The molecular weight excluding hydrogens is 714 g/mol. The number of nitrogens with one attached hydrogen (secondary N) is 2. The van der Waals surface area contributed by atoms with E-state index < -0.39 is 4.92 Å². The monoisotopic (exact) mass is 755 g/mol. The predicted octanol–water partition coefficient (Wildman–Crippen LogP) is 7.40. The second-order valence-corrected chi connectivity index (χ2v) is 14.1. The number of amides is 2. The van der Waals surface area contributed by atoms with E-state index >= 15 is 0 Å². The van der Waals surface area contributed by atoms with Crippen molar-refractivity contribution in [3.05, 3.63) is 134 Å². The van der Waals surface area contributed by atoms with Gasteiger partial charge in [-0.2, -0.15) is 0 Å². The van der Waals surface area contributed by atoms with E-state index in [9.17, 15) is 19.7 Å². The zero-order valence-electron chi connectivity index (χ0n) is 31.5. The van der Waals surface area contributed by atoms with Crippen molar-refractivity contribution in [2.45, 2.75) is 45.1 Å². The van der Waals surface area contributed by atoms with Crippen molar-refractivity contribution in [1.82, 2.24) is 0 Å². The third kappa shape index (κ3) is 6.54. The van der Waals surface area contributed by atoms with E-state index in [1.165, 1.54) is 26.4 Å². The van der Waals surface area contributed by atoms with Gasteiger partial charge in [0.15, 0.2) is 23.0 Å². The molecular formula is C43H41N5O8. The Balaban J connectivity index is 1.01. The van der Waals surface area contributed by atoms with Gasteiger partial charge in [-0.1, -0.05) is 36.4 Å². The number of methoxy groups -OCH3 is 2. The molecule has 2 amide bonds. The highest BCUT2D eigenvalue weighted by molar-refractivity contribution is 6.13. The topological polar surface area (TPSA) is 145 Å². The Bertz CT molecular complexity index is 2380. The highest BCUT2D eigenvalue weighted by Crippen LogP contribution is 2.42. The van der Waals surface area contributed by atoms with Crippen LogP contribution in [0.1, 0.15) is 49.9 Å². The number of hydrogen-bond donors (Lipinski definition) is 2. The van der Waals surface area contributed by atoms with Crippen molar-refractivity contribution < 1.29 is 33.5 Å². The van der Waals surface area contributed by atoms with Crippen LogP contribution < -0.4 is 39.4 Å². The van der Waals surface area contributed by atoms with Crippen molar-refractivity contribution in [1.29, 1.82) is 0 Å². The first-order valence-corrected chi connectivity index (χ1v) is 18.4. The Labute approximate surface area is 323 Å². The fourth-order valence-corrected chi connectivity index (χ4v) is 7.97. The molecule has 0 saturated heterocycles. The van der Waals surface area contributed by atoms with Gasteiger partial charge in [-0.3, -0.25) is 19.7 Å². The summed E-state index contributed by atoms with van der Waals surface area (Å²) in [5, 5.41) is 18.6. The van der Waals surface area contributed by atoms with Gasteiger partial charge in [0.05, 0.1) is 47.7 Å². The Morgan fingerprint density at radius 2 is 1.46 bits per heavy atom. The number of para-hydroxylation sites is 2. The highest BCUT2D eigenvalue weighted by atomic mass is 16.6. The lowest BCUT2D eigenvalue weighted by molar-refractivity contribution is -0.385. The summed E-state index contributed by atoms with van der Waals surface area (Å²) in [6, 6.07) is 27.2. The summed E-state index contributed by atoms with van der Waals surface area (Å²) in [6.07, 6.45) is 1.52. The van der Waals surface area contributed by atoms with Crippen LogP contribution in [0.5, 0.6) is 23.0 Å². The van der Waals surface area contributed by atoms with Crippen LogP contribution in [-0.4, -0.2) is 56.6 Å². The standard InChI is InChI=1S/C43H41N5O8/c1-25-13-28-9-5-7-11-36(28)46(25)42(49)32-18-38(53-3)40(20-34(32)44-2)55-23-26-14-27(16-30(15-26)48(51)52)24-56-41-21-35-33(19-39(41)54-4)43(50)47-31(22-45-35)17-29-10-6-8-12-37(29)47/h5-12,14-16,18-21,25,31,44-45H,13,17,22-24H2,1-4H3/t25-,31?/m1/s1. The number of benzene rings is 5. The van der Waals surface area contributed by atoms with Gasteiger partial charge in [0.2, 0.25) is 0 Å². The molecule has 3 aliphatic rings. The average molecular weight is 756 g/mol. The molecule has 286 valence electrons. The van der Waals surface area contributed by atoms with Crippen LogP contribution in [0.2, 0.25) is 0 Å². The van der Waals surface area contributed by atoms with Gasteiger partial charge in [0, 0.05) is 55.3 Å². The van der Waals surface area contributed by atoms with Gasteiger partial charge < -0.3 is 39.4 Å². The SMILES string of the molecule is CNc1cc(OCc2cc(COc3cc4c(cc3OC)C(=O)N3c5ccccc5CC3CN4)cc([N+](=O)[O-])c2)c(OC)cc1C(=O)N1c2ccccc2C[C@H]1C. The van der Waals surface area contributed by atoms with Gasteiger partial charge in [0.25, 0.3) is 17.5 Å². The molecule has 2 atom stereocenters. The first-order valence-electron chi connectivity index (χ1n) is 18.4. The summed E-state index contributed by atoms with van der Waals surface area (Å²) in [5.74, 6) is 1.14. The lowest BCUT2D eigenvalue weighted by Gasteiger charge is -2.25. The number of carbonyl (C=O) groups is 2. The molecule has 0 spiro atoms. The minimum Gasteiger partial charge on any atom is -0.493 e. The summed E-state index contributed by atoms with van der Waals surface area (Å²) in [4.78, 5) is 43.0. The Hall–Kier alpha value is -6.76. The molecule has 0 aromatic heterocycles. The van der Waals surface area contributed by atoms with E-state index in [2.05, 4.69) is 10.6 Å². The smallest absolute Gasteiger partial charge is 0.270 e. The van der Waals surface area contributed by atoms with E-state index in [1.54, 1.807) is 42.3 Å². The Kier molecular flexibility index (Phi) is 9.59. The molecule has 0 radical (unpaired) electrons. The zero-order valence-corrected chi connectivity index (χ0v) is 31.5. The lowest BCUT2D eigenvalue weighted by atomic mass is 10.1. The molecule has 0 saturated carbocycles. The van der Waals surface area contributed by atoms with E-state index in [4.69, 9.17) is 18.9 Å². The maximum absolute atomic E-state index is 14.0. The first-order chi connectivity index (χ1) is 27.2. The molecule has 8 rings (SSSR count). The number of fused-ring (bicyclic) bond motifs is 5. The summed E-state index contributed by atoms with van der Waals surface area (Å²) in [5.41, 5.74) is 7.03. The molecule has 13 nitrogen and oxygen atoms in total. The van der Waals surface area contributed by atoms with Crippen LogP contribution in [0.15, 0.2) is 91.0 Å². The maximum atomic E-state index is 14.0. The molecule has 5 aromatic rings. The van der Waals surface area contributed by atoms with Crippen LogP contribution in [0.25, 0.3) is 0 Å². The van der Waals surface area contributed by atoms with Crippen molar-refractivity contribution in [2.75, 3.05) is 48.2 Å². The van der Waals surface area contributed by atoms with E-state index in [-0.39, 0.29) is 42.8 Å². The van der Waals surface area contributed by atoms with E-state index in [0.29, 0.717) is 63.2 Å². The van der Waals surface area contributed by atoms with Crippen LogP contribution in [0.3, 0.4) is 0 Å².